The number of nitrogens with zero attached hydrogens (tertiary/aromatic N) is 8. The van der Waals surface area contributed by atoms with Crippen LogP contribution in [0.3, 0.4) is 0 Å². The Bertz CT molecular complexity index is 1590. The maximum absolute atomic E-state index is 9.73. The van der Waals surface area contributed by atoms with E-state index in [2.05, 4.69) is 74.6 Å². The Morgan fingerprint density at radius 2 is 1.72 bits per heavy atom. The first-order valence-corrected chi connectivity index (χ1v) is 13.2. The third-order valence-corrected chi connectivity index (χ3v) is 7.25. The first-order chi connectivity index (χ1) is 19.2. The molecular weight excluding hydrogens is 488 g/mol. The normalized spacial score (nSPS) is 14.1. The van der Waals surface area contributed by atoms with Crippen molar-refractivity contribution in [3.8, 4) is 28.3 Å². The van der Waals surface area contributed by atoms with Crippen LogP contribution >= 0.6 is 0 Å². The number of aliphatic hydroxyl groups excluding tert-OH is 1. The molecule has 39 heavy (non-hydrogen) atoms. The maximum Gasteiger partial charge on any atom is 0.128 e. The lowest BCUT2D eigenvalue weighted by Crippen LogP contribution is -2.46. The second-order valence-corrected chi connectivity index (χ2v) is 9.83. The summed E-state index contributed by atoms with van der Waals surface area (Å²) in [6.45, 7) is 5.60. The Labute approximate surface area is 227 Å². The van der Waals surface area contributed by atoms with E-state index in [0.717, 1.165) is 66.3 Å². The van der Waals surface area contributed by atoms with Crippen molar-refractivity contribution in [2.24, 2.45) is 0 Å². The molecule has 4 aromatic heterocycles. The van der Waals surface area contributed by atoms with Gasteiger partial charge in [-0.2, -0.15) is 15.5 Å². The smallest absolute Gasteiger partial charge is 0.128 e. The van der Waals surface area contributed by atoms with Gasteiger partial charge in [-0.1, -0.05) is 30.3 Å². The number of hydrogen-bond acceptors (Lipinski definition) is 7. The molecule has 1 fully saturated rings. The van der Waals surface area contributed by atoms with E-state index in [1.54, 1.807) is 10.7 Å². The van der Waals surface area contributed by atoms with Gasteiger partial charge in [0.15, 0.2) is 0 Å². The van der Waals surface area contributed by atoms with Crippen LogP contribution in [0.25, 0.3) is 27.8 Å². The van der Waals surface area contributed by atoms with Crippen molar-refractivity contribution in [2.45, 2.75) is 19.5 Å². The largest absolute Gasteiger partial charge is 0.396 e. The van der Waals surface area contributed by atoms with Crippen molar-refractivity contribution < 1.29 is 5.11 Å². The lowest BCUT2D eigenvalue weighted by Gasteiger charge is -2.35. The van der Waals surface area contributed by atoms with Crippen LogP contribution in [0.5, 0.6) is 0 Å². The highest BCUT2D eigenvalue weighted by Crippen LogP contribution is 2.32. The van der Waals surface area contributed by atoms with E-state index in [4.69, 9.17) is 10.1 Å². The third kappa shape index (κ3) is 5.25. The molecule has 0 aliphatic carbocycles. The second-order valence-electron chi connectivity index (χ2n) is 9.83. The zero-order chi connectivity index (χ0) is 26.6. The highest BCUT2D eigenvalue weighted by atomic mass is 16.3. The molecule has 1 aromatic carbocycles. The Morgan fingerprint density at radius 3 is 2.46 bits per heavy atom. The zero-order valence-corrected chi connectivity index (χ0v) is 21.7. The van der Waals surface area contributed by atoms with E-state index in [1.165, 1.54) is 5.56 Å². The van der Waals surface area contributed by atoms with Crippen LogP contribution in [-0.2, 0) is 13.1 Å². The van der Waals surface area contributed by atoms with Crippen LogP contribution in [0, 0.1) is 11.3 Å². The van der Waals surface area contributed by atoms with Gasteiger partial charge < -0.3 is 10.0 Å². The summed E-state index contributed by atoms with van der Waals surface area (Å²) in [5.74, 6) is 0.962. The molecule has 0 atom stereocenters. The molecule has 0 unspecified atom stereocenters. The van der Waals surface area contributed by atoms with Gasteiger partial charge in [0.05, 0.1) is 23.5 Å². The molecule has 0 bridgehead atoms. The number of fused-ring (bicyclic) bond motifs is 1. The fourth-order valence-electron chi connectivity index (χ4n) is 5.16. The average Bonchev–Trinajstić information content (AvgIpc) is 3.64. The quantitative estimate of drug-likeness (QED) is 0.333. The minimum Gasteiger partial charge on any atom is -0.396 e. The molecule has 1 saturated heterocycles. The number of pyridine rings is 2. The van der Waals surface area contributed by atoms with Gasteiger partial charge in [0.25, 0.3) is 0 Å². The van der Waals surface area contributed by atoms with Crippen LogP contribution in [-0.4, -0.2) is 67.2 Å². The third-order valence-electron chi connectivity index (χ3n) is 7.25. The molecule has 196 valence electrons. The SMILES string of the molecule is N#Cc1cnn2cc(-c3cnn(CCCO)c3)cc(-c3ccc(N4CCN(Cc5ccccc5)CC4)nc3)c12. The van der Waals surface area contributed by atoms with Crippen LogP contribution in [0.2, 0.25) is 0 Å². The van der Waals surface area contributed by atoms with Gasteiger partial charge in [-0.15, -0.1) is 0 Å². The number of anilines is 1. The van der Waals surface area contributed by atoms with Crippen molar-refractivity contribution in [1.29, 1.82) is 5.26 Å². The summed E-state index contributed by atoms with van der Waals surface area (Å²) in [5, 5.41) is 27.7. The van der Waals surface area contributed by atoms with E-state index < -0.39 is 0 Å². The Morgan fingerprint density at radius 1 is 0.872 bits per heavy atom. The molecule has 5 heterocycles. The first-order valence-electron chi connectivity index (χ1n) is 13.2. The van der Waals surface area contributed by atoms with Crippen molar-refractivity contribution in [3.05, 3.63) is 90.6 Å². The van der Waals surface area contributed by atoms with Gasteiger partial charge in [-0.05, 0) is 30.2 Å². The summed E-state index contributed by atoms with van der Waals surface area (Å²) in [5.41, 5.74) is 6.35. The molecular formula is C30H30N8O. The highest BCUT2D eigenvalue weighted by molar-refractivity contribution is 5.87. The summed E-state index contributed by atoms with van der Waals surface area (Å²) in [6, 6.07) is 19.1. The van der Waals surface area contributed by atoms with Crippen LogP contribution in [0.1, 0.15) is 17.5 Å². The van der Waals surface area contributed by atoms with E-state index >= 15 is 0 Å². The fourth-order valence-corrected chi connectivity index (χ4v) is 5.16. The second kappa shape index (κ2) is 11.1. The molecule has 9 nitrogen and oxygen atoms in total. The van der Waals surface area contributed by atoms with Crippen LogP contribution in [0.4, 0.5) is 5.82 Å². The van der Waals surface area contributed by atoms with Gasteiger partial charge in [0.1, 0.15) is 11.9 Å². The predicted octanol–water partition coefficient (Wildman–Crippen LogP) is 3.84. The number of rotatable bonds is 8. The summed E-state index contributed by atoms with van der Waals surface area (Å²) in [4.78, 5) is 9.64. The van der Waals surface area contributed by atoms with Gasteiger partial charge in [0.2, 0.25) is 0 Å². The monoisotopic (exact) mass is 518 g/mol. The zero-order valence-electron chi connectivity index (χ0n) is 21.7. The number of aliphatic hydroxyl groups is 1. The molecule has 0 amide bonds. The van der Waals surface area contributed by atoms with Gasteiger partial charge in [-0.3, -0.25) is 9.58 Å². The summed E-state index contributed by atoms with van der Waals surface area (Å²) in [6.07, 6.45) is 9.84. The Kier molecular flexibility index (Phi) is 7.04. The predicted molar refractivity (Wildman–Crippen MR) is 150 cm³/mol. The topological polar surface area (TPSA) is 98.5 Å². The highest BCUT2D eigenvalue weighted by Gasteiger charge is 2.19. The van der Waals surface area contributed by atoms with Crippen molar-refractivity contribution >= 4 is 11.3 Å². The van der Waals surface area contributed by atoms with Gasteiger partial charge in [-0.25, -0.2) is 9.50 Å². The maximum atomic E-state index is 9.73. The molecule has 1 aliphatic rings. The molecule has 0 radical (unpaired) electrons. The lowest BCUT2D eigenvalue weighted by molar-refractivity contribution is 0.249. The molecule has 1 N–H and O–H groups in total. The van der Waals surface area contributed by atoms with E-state index in [-0.39, 0.29) is 6.61 Å². The van der Waals surface area contributed by atoms with Crippen LogP contribution in [0.15, 0.2) is 79.5 Å². The van der Waals surface area contributed by atoms with Gasteiger partial charge >= 0.3 is 0 Å². The summed E-state index contributed by atoms with van der Waals surface area (Å²) < 4.78 is 3.59. The van der Waals surface area contributed by atoms with E-state index in [9.17, 15) is 5.26 Å². The number of hydrogen-bond donors (Lipinski definition) is 1. The van der Waals surface area contributed by atoms with E-state index in [0.29, 0.717) is 18.5 Å². The number of aromatic nitrogens is 5. The van der Waals surface area contributed by atoms with Crippen molar-refractivity contribution in [3.63, 3.8) is 0 Å². The number of benzene rings is 1. The Hall–Kier alpha value is -4.52. The van der Waals surface area contributed by atoms with Gasteiger partial charge in [0, 0.05) is 86.7 Å². The molecule has 9 heteroatoms. The summed E-state index contributed by atoms with van der Waals surface area (Å²) >= 11 is 0. The molecule has 5 aromatic rings. The number of nitriles is 1. The van der Waals surface area contributed by atoms with E-state index in [1.807, 2.05) is 29.5 Å². The molecule has 0 saturated carbocycles. The molecule has 1 aliphatic heterocycles. The number of piperazine rings is 1. The first kappa shape index (κ1) is 24.8. The Balaban J connectivity index is 1.24. The van der Waals surface area contributed by atoms with Crippen molar-refractivity contribution in [1.82, 2.24) is 29.3 Å². The lowest BCUT2D eigenvalue weighted by atomic mass is 10.0. The summed E-state index contributed by atoms with van der Waals surface area (Å²) in [7, 11) is 0. The average molecular weight is 519 g/mol. The minimum atomic E-state index is 0.127. The van der Waals surface area contributed by atoms with Crippen LogP contribution < -0.4 is 4.90 Å². The van der Waals surface area contributed by atoms with Crippen molar-refractivity contribution in [2.75, 3.05) is 37.7 Å². The fraction of sp³-hybridized carbons (Fsp3) is 0.267. The minimum absolute atomic E-state index is 0.127. The molecule has 0 spiro atoms. The number of aryl methyl sites for hydroxylation is 1. The standard InChI is InChI=1S/C30H30N8O/c31-16-26-18-34-38-22-25(27-19-33-37(21-27)9-4-14-39)15-28(30(26)38)24-7-8-29(32-17-24)36-12-10-35(11-13-36)20-23-5-2-1-3-6-23/h1-3,5-8,15,17-19,21-22,39H,4,9-14,20H2. The molecule has 6 rings (SSSR count).